The summed E-state index contributed by atoms with van der Waals surface area (Å²) in [7, 11) is 1.76. The molecule has 1 unspecified atom stereocenters. The van der Waals surface area contributed by atoms with Gasteiger partial charge in [-0.1, -0.05) is 0 Å². The molecule has 0 spiro atoms. The van der Waals surface area contributed by atoms with Gasteiger partial charge in [-0.2, -0.15) is 0 Å². The van der Waals surface area contributed by atoms with Crippen LogP contribution in [0.25, 0.3) is 0 Å². The molecular formula is C6H13NO3. The van der Waals surface area contributed by atoms with E-state index >= 15 is 0 Å². The van der Waals surface area contributed by atoms with Crippen molar-refractivity contribution in [2.75, 3.05) is 13.7 Å². The standard InChI is InChI=1S/C6H13NO3/c1-7-6-2-4(8)5(9)3-10-6/h4-9H,2-3H2,1H3/t4-,5+,6?/m0/s1. The van der Waals surface area contributed by atoms with E-state index in [1.54, 1.807) is 7.05 Å². The van der Waals surface area contributed by atoms with Gasteiger partial charge in [-0.25, -0.2) is 0 Å². The monoisotopic (exact) mass is 147 g/mol. The van der Waals surface area contributed by atoms with E-state index in [1.165, 1.54) is 0 Å². The summed E-state index contributed by atoms with van der Waals surface area (Å²) in [4.78, 5) is 0. The van der Waals surface area contributed by atoms with Gasteiger partial charge in [0.05, 0.1) is 12.7 Å². The summed E-state index contributed by atoms with van der Waals surface area (Å²) >= 11 is 0. The van der Waals surface area contributed by atoms with Crippen molar-refractivity contribution in [3.05, 3.63) is 0 Å². The van der Waals surface area contributed by atoms with Crippen molar-refractivity contribution in [3.63, 3.8) is 0 Å². The van der Waals surface area contributed by atoms with Crippen LogP contribution in [0.5, 0.6) is 0 Å². The lowest BCUT2D eigenvalue weighted by Crippen LogP contribution is -2.45. The molecule has 0 aromatic heterocycles. The first-order valence-corrected chi connectivity index (χ1v) is 3.39. The van der Waals surface area contributed by atoms with Crippen molar-refractivity contribution in [2.24, 2.45) is 0 Å². The Kier molecular flexibility index (Phi) is 2.62. The highest BCUT2D eigenvalue weighted by atomic mass is 16.5. The first-order chi connectivity index (χ1) is 4.74. The summed E-state index contributed by atoms with van der Waals surface area (Å²) < 4.78 is 5.09. The zero-order valence-corrected chi connectivity index (χ0v) is 5.95. The zero-order chi connectivity index (χ0) is 7.56. The van der Waals surface area contributed by atoms with E-state index in [1.807, 2.05) is 0 Å². The average Bonchev–Trinajstić information content (AvgIpc) is 1.95. The fourth-order valence-corrected chi connectivity index (χ4v) is 0.971. The average molecular weight is 147 g/mol. The molecule has 1 aliphatic heterocycles. The third-order valence-corrected chi connectivity index (χ3v) is 1.69. The molecule has 4 heteroatoms. The van der Waals surface area contributed by atoms with Gasteiger partial charge in [0.15, 0.2) is 0 Å². The van der Waals surface area contributed by atoms with E-state index in [4.69, 9.17) is 14.9 Å². The highest BCUT2D eigenvalue weighted by molar-refractivity contribution is 4.75. The molecule has 0 aromatic rings. The normalized spacial score (nSPS) is 41.7. The summed E-state index contributed by atoms with van der Waals surface area (Å²) in [5.41, 5.74) is 0. The van der Waals surface area contributed by atoms with Gasteiger partial charge in [0.25, 0.3) is 0 Å². The topological polar surface area (TPSA) is 61.7 Å². The fraction of sp³-hybridized carbons (Fsp3) is 1.00. The van der Waals surface area contributed by atoms with Crippen LogP contribution in [0.2, 0.25) is 0 Å². The largest absolute Gasteiger partial charge is 0.390 e. The highest BCUT2D eigenvalue weighted by Crippen LogP contribution is 2.11. The Labute approximate surface area is 59.8 Å². The summed E-state index contributed by atoms with van der Waals surface area (Å²) in [5, 5.41) is 21.0. The molecule has 60 valence electrons. The Balaban J connectivity index is 2.33. The summed E-state index contributed by atoms with van der Waals surface area (Å²) in [6.07, 6.45) is -1.02. The molecule has 1 rings (SSSR count). The number of aliphatic hydroxyl groups excluding tert-OH is 2. The van der Waals surface area contributed by atoms with Gasteiger partial charge in [-0.3, -0.25) is 5.32 Å². The summed E-state index contributed by atoms with van der Waals surface area (Å²) in [6, 6.07) is 0. The second-order valence-electron chi connectivity index (χ2n) is 2.48. The first-order valence-electron chi connectivity index (χ1n) is 3.39. The second kappa shape index (κ2) is 3.30. The summed E-state index contributed by atoms with van der Waals surface area (Å²) in [5.74, 6) is 0. The van der Waals surface area contributed by atoms with Crippen LogP contribution >= 0.6 is 0 Å². The summed E-state index contributed by atoms with van der Waals surface area (Å²) in [6.45, 7) is 0.215. The molecule has 10 heavy (non-hydrogen) atoms. The molecule has 3 N–H and O–H groups in total. The zero-order valence-electron chi connectivity index (χ0n) is 5.95. The van der Waals surface area contributed by atoms with Crippen LogP contribution in [0.15, 0.2) is 0 Å². The van der Waals surface area contributed by atoms with E-state index in [2.05, 4.69) is 5.32 Å². The Hall–Kier alpha value is -0.160. The lowest BCUT2D eigenvalue weighted by molar-refractivity contribution is -0.127. The number of aliphatic hydroxyl groups is 2. The third-order valence-electron chi connectivity index (χ3n) is 1.69. The maximum absolute atomic E-state index is 9.11. The van der Waals surface area contributed by atoms with Crippen LogP contribution in [0.1, 0.15) is 6.42 Å². The molecule has 0 saturated carbocycles. The molecule has 0 aliphatic carbocycles. The van der Waals surface area contributed by atoms with Gasteiger partial charge >= 0.3 is 0 Å². The van der Waals surface area contributed by atoms with Crippen LogP contribution in [-0.4, -0.2) is 42.3 Å². The van der Waals surface area contributed by atoms with E-state index in [-0.39, 0.29) is 12.8 Å². The number of rotatable bonds is 1. The van der Waals surface area contributed by atoms with E-state index in [9.17, 15) is 0 Å². The minimum atomic E-state index is -0.718. The Morgan fingerprint density at radius 2 is 2.10 bits per heavy atom. The molecule has 1 aliphatic rings. The number of hydrogen-bond acceptors (Lipinski definition) is 4. The Morgan fingerprint density at radius 3 is 2.60 bits per heavy atom. The van der Waals surface area contributed by atoms with E-state index in [0.29, 0.717) is 6.42 Å². The second-order valence-corrected chi connectivity index (χ2v) is 2.48. The molecule has 1 heterocycles. The van der Waals surface area contributed by atoms with Crippen LogP contribution in [-0.2, 0) is 4.74 Å². The van der Waals surface area contributed by atoms with Crippen LogP contribution in [0.4, 0.5) is 0 Å². The molecule has 4 nitrogen and oxygen atoms in total. The number of hydrogen-bond donors (Lipinski definition) is 3. The minimum Gasteiger partial charge on any atom is -0.390 e. The van der Waals surface area contributed by atoms with Gasteiger partial charge in [0.1, 0.15) is 12.3 Å². The van der Waals surface area contributed by atoms with E-state index in [0.717, 1.165) is 0 Å². The maximum Gasteiger partial charge on any atom is 0.110 e. The molecule has 1 saturated heterocycles. The molecule has 0 amide bonds. The van der Waals surface area contributed by atoms with Crippen molar-refractivity contribution in [1.82, 2.24) is 5.32 Å². The fourth-order valence-electron chi connectivity index (χ4n) is 0.971. The van der Waals surface area contributed by atoms with Gasteiger partial charge in [-0.15, -0.1) is 0 Å². The highest BCUT2D eigenvalue weighted by Gasteiger charge is 2.26. The number of nitrogens with one attached hydrogen (secondary N) is 1. The quantitative estimate of drug-likeness (QED) is 0.430. The molecule has 3 atom stereocenters. The van der Waals surface area contributed by atoms with Gasteiger partial charge < -0.3 is 14.9 Å². The molecule has 0 radical (unpaired) electrons. The maximum atomic E-state index is 9.11. The van der Waals surface area contributed by atoms with Gasteiger partial charge in [0, 0.05) is 6.42 Å². The smallest absolute Gasteiger partial charge is 0.110 e. The lowest BCUT2D eigenvalue weighted by atomic mass is 10.1. The van der Waals surface area contributed by atoms with Crippen molar-refractivity contribution in [1.29, 1.82) is 0 Å². The SMILES string of the molecule is CNC1C[C@H](O)[C@H](O)CO1. The predicted octanol–water partition coefficient (Wildman–Crippen LogP) is -1.33. The van der Waals surface area contributed by atoms with Gasteiger partial charge in [-0.05, 0) is 7.05 Å². The van der Waals surface area contributed by atoms with Crippen molar-refractivity contribution < 1.29 is 14.9 Å². The Bertz CT molecular complexity index is 109. The van der Waals surface area contributed by atoms with Crippen molar-refractivity contribution in [3.8, 4) is 0 Å². The molecule has 1 fully saturated rings. The van der Waals surface area contributed by atoms with Crippen LogP contribution in [0.3, 0.4) is 0 Å². The minimum absolute atomic E-state index is 0.113. The van der Waals surface area contributed by atoms with Crippen molar-refractivity contribution in [2.45, 2.75) is 24.9 Å². The predicted molar refractivity (Wildman–Crippen MR) is 35.4 cm³/mol. The van der Waals surface area contributed by atoms with E-state index < -0.39 is 12.2 Å². The van der Waals surface area contributed by atoms with Crippen molar-refractivity contribution >= 4 is 0 Å². The lowest BCUT2D eigenvalue weighted by Gasteiger charge is -2.29. The molecular weight excluding hydrogens is 134 g/mol. The third kappa shape index (κ3) is 1.67. The molecule has 0 bridgehead atoms. The number of ether oxygens (including phenoxy) is 1. The molecule has 0 aromatic carbocycles. The first kappa shape index (κ1) is 7.94. The van der Waals surface area contributed by atoms with Crippen LogP contribution < -0.4 is 5.32 Å². The Morgan fingerprint density at radius 1 is 1.40 bits per heavy atom. The van der Waals surface area contributed by atoms with Gasteiger partial charge in [0.2, 0.25) is 0 Å². The van der Waals surface area contributed by atoms with Crippen LogP contribution in [0, 0.1) is 0 Å².